The summed E-state index contributed by atoms with van der Waals surface area (Å²) in [6.45, 7) is 4.81. The fraction of sp³-hybridized carbons (Fsp3) is 0.216. The van der Waals surface area contributed by atoms with Crippen molar-refractivity contribution < 1.29 is 0 Å². The molecule has 0 saturated carbocycles. The molecule has 6 aromatic rings. The van der Waals surface area contributed by atoms with Gasteiger partial charge in [-0.2, -0.15) is 0 Å². The molecule has 0 aromatic heterocycles. The van der Waals surface area contributed by atoms with Crippen molar-refractivity contribution in [2.45, 2.75) is 69.1 Å². The molecule has 6 aromatic carbocycles. The lowest BCUT2D eigenvalue weighted by Crippen LogP contribution is -2.52. The van der Waals surface area contributed by atoms with Crippen LogP contribution in [0.4, 0.5) is 0 Å². The summed E-state index contributed by atoms with van der Waals surface area (Å²) in [5.74, 6) is 0. The molecule has 0 atom stereocenters. The molecule has 0 bridgehead atoms. The lowest BCUT2D eigenvalue weighted by atomic mass is 9.81. The zero-order valence-electron chi connectivity index (χ0n) is 31.0. The van der Waals surface area contributed by atoms with Crippen LogP contribution in [0.2, 0.25) is 24.2 Å². The lowest BCUT2D eigenvalue weighted by Gasteiger charge is -2.23. The smallest absolute Gasteiger partial charge is 0.0623 e. The second kappa shape index (κ2) is 11.6. The van der Waals surface area contributed by atoms with Gasteiger partial charge in [0.05, 0.1) is 0 Å². The third-order valence-electron chi connectivity index (χ3n) is 14.2. The first-order valence-electron chi connectivity index (χ1n) is 20.1. The molecule has 53 heavy (non-hydrogen) atoms. The summed E-state index contributed by atoms with van der Waals surface area (Å²) < 4.78 is 0. The van der Waals surface area contributed by atoms with Crippen LogP contribution in [0.3, 0.4) is 0 Å². The molecule has 4 aliphatic heterocycles. The zero-order valence-corrected chi connectivity index (χ0v) is 33.0. The van der Waals surface area contributed by atoms with Crippen molar-refractivity contribution in [1.82, 2.24) is 0 Å². The van der Waals surface area contributed by atoms with Crippen LogP contribution in [0.15, 0.2) is 121 Å². The van der Waals surface area contributed by atoms with Gasteiger partial charge >= 0.3 is 0 Å². The molecule has 2 spiro atoms. The van der Waals surface area contributed by atoms with E-state index in [0.29, 0.717) is 0 Å². The molecular weight excluding hydrogens is 669 g/mol. The fourth-order valence-corrected chi connectivity index (χ4v) is 22.8. The molecule has 0 radical (unpaired) electrons. The van der Waals surface area contributed by atoms with Crippen LogP contribution in [-0.2, 0) is 5.41 Å². The van der Waals surface area contributed by atoms with Gasteiger partial charge in [-0.1, -0.05) is 173 Å². The van der Waals surface area contributed by atoms with Crippen molar-refractivity contribution in [3.8, 4) is 33.4 Å². The van der Waals surface area contributed by atoms with Crippen LogP contribution in [-0.4, -0.2) is 16.1 Å². The van der Waals surface area contributed by atoms with E-state index in [9.17, 15) is 0 Å². The Morgan fingerprint density at radius 1 is 0.377 bits per heavy atom. The summed E-state index contributed by atoms with van der Waals surface area (Å²) in [4.78, 5) is 0. The average molecular weight is 715 g/mol. The molecule has 2 fully saturated rings. The van der Waals surface area contributed by atoms with E-state index in [1.807, 2.05) is 0 Å². The Bertz CT molecular complexity index is 2370. The highest BCUT2D eigenvalue weighted by molar-refractivity contribution is 7.06. The Morgan fingerprint density at radius 2 is 0.736 bits per heavy atom. The van der Waals surface area contributed by atoms with E-state index in [1.54, 1.807) is 20.7 Å². The van der Waals surface area contributed by atoms with E-state index in [0.717, 1.165) is 0 Å². The lowest BCUT2D eigenvalue weighted by molar-refractivity contribution is 0.660. The zero-order chi connectivity index (χ0) is 35.4. The Balaban J connectivity index is 0.866. The topological polar surface area (TPSA) is 0 Å². The van der Waals surface area contributed by atoms with Gasteiger partial charge in [-0.15, -0.1) is 0 Å². The Labute approximate surface area is 317 Å². The number of rotatable bonds is 4. The minimum Gasteiger partial charge on any atom is -0.0623 e. The van der Waals surface area contributed by atoms with Crippen molar-refractivity contribution in [3.05, 3.63) is 155 Å². The van der Waals surface area contributed by atoms with Gasteiger partial charge in [0.1, 0.15) is 16.1 Å². The van der Waals surface area contributed by atoms with Crippen molar-refractivity contribution in [2.75, 3.05) is 0 Å². The van der Waals surface area contributed by atoms with Crippen molar-refractivity contribution in [3.63, 3.8) is 0 Å². The van der Waals surface area contributed by atoms with Gasteiger partial charge in [-0.3, -0.25) is 0 Å². The van der Waals surface area contributed by atoms with E-state index in [4.69, 9.17) is 0 Å². The van der Waals surface area contributed by atoms with Crippen LogP contribution in [0, 0.1) is 0 Å². The Hall–Kier alpha value is -4.77. The summed E-state index contributed by atoms with van der Waals surface area (Å²) >= 11 is 0. The standard InChI is InChI=1S/C51H46Si2/c1-51(2)45-33-37(17-15-35-21-25-49-43(31-35)41-11-3-5-13-47(41)52(49)27-7-8-28-52)19-23-39(45)40-24-20-38(34-46(40)51)18-16-36-22-26-50-44(32-36)42-12-4-6-14-48(42)53(50)29-9-10-30-53/h3-6,11-26,31-34H,7-10,27-30H2,1-2H3. The third kappa shape index (κ3) is 4.58. The predicted octanol–water partition coefficient (Wildman–Crippen LogP) is 11.0. The molecule has 2 saturated heterocycles. The highest BCUT2D eigenvalue weighted by Crippen LogP contribution is 2.49. The van der Waals surface area contributed by atoms with Crippen LogP contribution in [0.5, 0.6) is 0 Å². The highest BCUT2D eigenvalue weighted by atomic mass is 28.3. The minimum atomic E-state index is -1.55. The second-order valence-corrected chi connectivity index (χ2v) is 25.7. The molecule has 5 aliphatic rings. The molecular formula is C51H46Si2. The van der Waals surface area contributed by atoms with Crippen molar-refractivity contribution in [2.24, 2.45) is 0 Å². The Morgan fingerprint density at radius 3 is 1.17 bits per heavy atom. The van der Waals surface area contributed by atoms with Crippen LogP contribution in [0.1, 0.15) is 72.9 Å². The molecule has 0 nitrogen and oxygen atoms in total. The summed E-state index contributed by atoms with van der Waals surface area (Å²) in [7, 11) is -3.11. The number of hydrogen-bond donors (Lipinski definition) is 0. The molecule has 0 amide bonds. The fourth-order valence-electron chi connectivity index (χ4n) is 11.6. The molecule has 11 rings (SSSR count). The molecule has 258 valence electrons. The quantitative estimate of drug-likeness (QED) is 0.126. The van der Waals surface area contributed by atoms with Crippen molar-refractivity contribution >= 4 is 61.2 Å². The monoisotopic (exact) mass is 714 g/mol. The highest BCUT2D eigenvalue weighted by Gasteiger charge is 2.48. The van der Waals surface area contributed by atoms with Crippen molar-refractivity contribution in [1.29, 1.82) is 0 Å². The summed E-state index contributed by atoms with van der Waals surface area (Å²) in [6, 6.07) is 53.2. The molecule has 0 unspecified atom stereocenters. The van der Waals surface area contributed by atoms with E-state index in [-0.39, 0.29) is 5.41 Å². The third-order valence-corrected chi connectivity index (χ3v) is 24.9. The average Bonchev–Trinajstić information content (AvgIpc) is 4.03. The van der Waals surface area contributed by atoms with Crippen LogP contribution < -0.4 is 20.7 Å². The normalized spacial score (nSPS) is 18.8. The minimum absolute atomic E-state index is 0.0621. The maximum atomic E-state index is 2.50. The van der Waals surface area contributed by atoms with Gasteiger partial charge in [0.15, 0.2) is 0 Å². The van der Waals surface area contributed by atoms with E-state index < -0.39 is 16.1 Å². The summed E-state index contributed by atoms with van der Waals surface area (Å²) in [6.07, 6.45) is 14.9. The summed E-state index contributed by atoms with van der Waals surface area (Å²) in [5, 5.41) is 6.77. The van der Waals surface area contributed by atoms with E-state index in [2.05, 4.69) is 159 Å². The van der Waals surface area contributed by atoms with Gasteiger partial charge in [0.2, 0.25) is 0 Å². The van der Waals surface area contributed by atoms with Gasteiger partial charge < -0.3 is 0 Å². The van der Waals surface area contributed by atoms with E-state index in [1.165, 1.54) is 117 Å². The maximum Gasteiger partial charge on any atom is 0.119 e. The second-order valence-electron chi connectivity index (χ2n) is 17.2. The summed E-state index contributed by atoms with van der Waals surface area (Å²) in [5.41, 5.74) is 16.7. The SMILES string of the molecule is CC1(C)c2cc(C=Cc3ccc4c(c3)-c3ccccc3[Si]43CCCC3)ccc2-c2ccc(C=Cc3ccc4c(c3)-c3ccccc3[Si]43CCCC3)cc21. The Kier molecular flexibility index (Phi) is 6.95. The number of benzene rings is 6. The van der Waals surface area contributed by atoms with Crippen LogP contribution in [0.25, 0.3) is 57.7 Å². The first-order chi connectivity index (χ1) is 25.9. The number of hydrogen-bond acceptors (Lipinski definition) is 0. The van der Waals surface area contributed by atoms with Gasteiger partial charge in [0, 0.05) is 5.41 Å². The maximum absolute atomic E-state index is 2.50. The van der Waals surface area contributed by atoms with Gasteiger partial charge in [0.25, 0.3) is 0 Å². The largest absolute Gasteiger partial charge is 0.119 e. The molecule has 0 N–H and O–H groups in total. The van der Waals surface area contributed by atoms with Gasteiger partial charge in [-0.25, -0.2) is 0 Å². The first-order valence-corrected chi connectivity index (χ1v) is 24.9. The number of fused-ring (bicyclic) bond motifs is 13. The van der Waals surface area contributed by atoms with E-state index >= 15 is 0 Å². The first kappa shape index (κ1) is 31.7. The predicted molar refractivity (Wildman–Crippen MR) is 233 cm³/mol. The van der Waals surface area contributed by atoms with Crippen LogP contribution >= 0.6 is 0 Å². The molecule has 2 heteroatoms. The molecule has 1 aliphatic carbocycles. The molecule has 4 heterocycles. The van der Waals surface area contributed by atoms with Gasteiger partial charge in [-0.05, 0) is 124 Å².